The number of hydrogen-bond acceptors (Lipinski definition) is 5. The van der Waals surface area contributed by atoms with Crippen LogP contribution in [0.15, 0.2) is 60.1 Å². The Morgan fingerprint density at radius 3 is 2.81 bits per heavy atom. The van der Waals surface area contributed by atoms with Crippen LogP contribution in [0.3, 0.4) is 0 Å². The van der Waals surface area contributed by atoms with Crippen molar-refractivity contribution in [1.29, 1.82) is 0 Å². The second-order valence-electron chi connectivity index (χ2n) is 7.54. The second kappa shape index (κ2) is 8.28. The van der Waals surface area contributed by atoms with E-state index >= 15 is 0 Å². The molecule has 0 saturated heterocycles. The lowest BCUT2D eigenvalue weighted by atomic mass is 9.90. The predicted molar refractivity (Wildman–Crippen MR) is 121 cm³/mol. The van der Waals surface area contributed by atoms with Crippen molar-refractivity contribution >= 4 is 29.0 Å². The number of hydrogen-bond donors (Lipinski definition) is 2. The number of rotatable bonds is 5. The van der Waals surface area contributed by atoms with Crippen molar-refractivity contribution in [3.63, 3.8) is 0 Å². The molecule has 3 heterocycles. The van der Waals surface area contributed by atoms with Gasteiger partial charge in [-0.3, -0.25) is 9.59 Å². The summed E-state index contributed by atoms with van der Waals surface area (Å²) in [7, 11) is 0. The number of benzene rings is 1. The van der Waals surface area contributed by atoms with Gasteiger partial charge in [0.2, 0.25) is 0 Å². The highest BCUT2D eigenvalue weighted by Crippen LogP contribution is 2.35. The zero-order valence-electron chi connectivity index (χ0n) is 16.7. The van der Waals surface area contributed by atoms with E-state index in [0.29, 0.717) is 24.4 Å². The number of nitrogens with one attached hydrogen (secondary N) is 2. The number of amides is 1. The van der Waals surface area contributed by atoms with E-state index < -0.39 is 0 Å². The summed E-state index contributed by atoms with van der Waals surface area (Å²) in [5.74, 6) is 0.345. The average molecular weight is 429 g/mol. The van der Waals surface area contributed by atoms with E-state index in [0.717, 1.165) is 46.5 Å². The van der Waals surface area contributed by atoms with Crippen molar-refractivity contribution in [1.82, 2.24) is 14.3 Å². The minimum absolute atomic E-state index is 0.195. The first-order valence-electron chi connectivity index (χ1n) is 10.2. The minimum Gasteiger partial charge on any atom is -0.358 e. The number of nitrogens with zero attached hydrogens (tertiary/aromatic N) is 2. The van der Waals surface area contributed by atoms with Gasteiger partial charge in [0.15, 0.2) is 5.78 Å². The second-order valence-corrected chi connectivity index (χ2v) is 8.21. The van der Waals surface area contributed by atoms with Gasteiger partial charge in [0.1, 0.15) is 11.5 Å². The van der Waals surface area contributed by atoms with E-state index in [2.05, 4.69) is 31.8 Å². The van der Waals surface area contributed by atoms with Crippen LogP contribution in [0.2, 0.25) is 0 Å². The number of aromatic amines is 1. The Kier molecular flexibility index (Phi) is 5.18. The van der Waals surface area contributed by atoms with Crippen molar-refractivity contribution in [3.05, 3.63) is 88.2 Å². The maximum absolute atomic E-state index is 12.8. The van der Waals surface area contributed by atoms with Crippen LogP contribution in [0.25, 0.3) is 11.3 Å². The third-order valence-electron chi connectivity index (χ3n) is 5.48. The lowest BCUT2D eigenvalue weighted by Crippen LogP contribution is -2.13. The van der Waals surface area contributed by atoms with E-state index in [1.54, 1.807) is 17.6 Å². The summed E-state index contributed by atoms with van der Waals surface area (Å²) in [5.41, 5.74) is 6.15. The van der Waals surface area contributed by atoms with Crippen molar-refractivity contribution in [2.75, 3.05) is 5.32 Å². The molecule has 0 unspecified atom stereocenters. The number of ketones is 1. The van der Waals surface area contributed by atoms with Crippen molar-refractivity contribution in [2.45, 2.75) is 25.7 Å². The number of pyridine rings is 1. The number of Topliss-reactive ketones (excluding diaryl/α,β-unsaturated/α-hetero) is 1. The van der Waals surface area contributed by atoms with E-state index in [1.165, 1.54) is 11.5 Å². The number of aryl methyl sites for hydroxylation is 1. The third-order valence-corrected chi connectivity index (χ3v) is 6.03. The molecule has 0 spiro atoms. The van der Waals surface area contributed by atoms with Crippen molar-refractivity contribution < 1.29 is 9.59 Å². The van der Waals surface area contributed by atoms with Crippen molar-refractivity contribution in [2.24, 2.45) is 0 Å². The Morgan fingerprint density at radius 2 is 2.00 bits per heavy atom. The van der Waals surface area contributed by atoms with Gasteiger partial charge in [-0.2, -0.15) is 4.37 Å². The summed E-state index contributed by atoms with van der Waals surface area (Å²) in [5, 5.41) is 4.57. The van der Waals surface area contributed by atoms with Gasteiger partial charge in [0.25, 0.3) is 5.91 Å². The summed E-state index contributed by atoms with van der Waals surface area (Å²) in [6, 6.07) is 15.6. The van der Waals surface area contributed by atoms with Crippen LogP contribution in [-0.2, 0) is 12.8 Å². The van der Waals surface area contributed by atoms with Gasteiger partial charge in [-0.25, -0.2) is 4.98 Å². The van der Waals surface area contributed by atoms with Crippen LogP contribution in [0.5, 0.6) is 0 Å². The van der Waals surface area contributed by atoms with E-state index in [1.807, 2.05) is 30.3 Å². The van der Waals surface area contributed by atoms with Gasteiger partial charge in [0, 0.05) is 41.2 Å². The molecular formula is C24H20N4O2S. The molecule has 1 amide bonds. The molecule has 0 bridgehead atoms. The van der Waals surface area contributed by atoms with E-state index in [4.69, 9.17) is 0 Å². The molecule has 31 heavy (non-hydrogen) atoms. The smallest absolute Gasteiger partial charge is 0.276 e. The number of carbonyl (C=O) groups excluding carboxylic acids is 2. The van der Waals surface area contributed by atoms with Gasteiger partial charge in [-0.05, 0) is 53.7 Å². The Balaban J connectivity index is 1.54. The lowest BCUT2D eigenvalue weighted by Gasteiger charge is -2.12. The average Bonchev–Trinajstić information content (AvgIpc) is 3.44. The summed E-state index contributed by atoms with van der Waals surface area (Å²) in [6.45, 7) is 0. The minimum atomic E-state index is -0.295. The van der Waals surface area contributed by atoms with Gasteiger partial charge in [0.05, 0.1) is 5.69 Å². The zero-order chi connectivity index (χ0) is 21.2. The molecule has 154 valence electrons. The standard InChI is InChI=1S/C24H20N4O2S/c29-20-8-4-7-18-22(20)17(13-15-5-2-1-3-6-15)23(26-18)16-9-11-25-21(14-16)27-24(30)19-10-12-31-28-19/h1-3,5-6,9-12,14,26H,4,7-8,13H2,(H,25,27,30). The molecule has 0 fully saturated rings. The SMILES string of the molecule is O=C(Nc1cc(-c2[nH]c3c(c2Cc2ccccc2)C(=O)CCC3)ccn1)c1ccsn1. The molecule has 1 aromatic carbocycles. The third kappa shape index (κ3) is 3.92. The topological polar surface area (TPSA) is 87.7 Å². The number of H-pyrrole nitrogens is 1. The fraction of sp³-hybridized carbons (Fsp3) is 0.167. The van der Waals surface area contributed by atoms with E-state index in [-0.39, 0.29) is 11.7 Å². The fourth-order valence-electron chi connectivity index (χ4n) is 4.06. The molecule has 0 atom stereocenters. The molecular weight excluding hydrogens is 408 g/mol. The van der Waals surface area contributed by atoms with Crippen LogP contribution >= 0.6 is 11.5 Å². The predicted octanol–water partition coefficient (Wildman–Crippen LogP) is 4.90. The fourth-order valence-corrected chi connectivity index (χ4v) is 4.57. The number of aromatic nitrogens is 3. The number of anilines is 1. The highest BCUT2D eigenvalue weighted by atomic mass is 32.1. The summed E-state index contributed by atoms with van der Waals surface area (Å²) in [6.07, 6.45) is 4.64. The van der Waals surface area contributed by atoms with Crippen LogP contribution in [0.4, 0.5) is 5.82 Å². The maximum atomic E-state index is 12.8. The first-order valence-corrected chi connectivity index (χ1v) is 11.0. The highest BCUT2D eigenvalue weighted by molar-refractivity contribution is 7.03. The molecule has 0 radical (unpaired) electrons. The van der Waals surface area contributed by atoms with Gasteiger partial charge < -0.3 is 10.3 Å². The quantitative estimate of drug-likeness (QED) is 0.473. The maximum Gasteiger partial charge on any atom is 0.276 e. The molecule has 1 aliphatic carbocycles. The molecule has 1 aliphatic rings. The molecule has 0 aliphatic heterocycles. The first kappa shape index (κ1) is 19.4. The van der Waals surface area contributed by atoms with Crippen LogP contribution in [-0.4, -0.2) is 26.0 Å². The van der Waals surface area contributed by atoms with Crippen LogP contribution in [0.1, 0.15) is 50.5 Å². The van der Waals surface area contributed by atoms with Gasteiger partial charge in [-0.15, -0.1) is 0 Å². The molecule has 0 saturated carbocycles. The Hall–Kier alpha value is -3.58. The number of carbonyl (C=O) groups is 2. The summed E-state index contributed by atoms with van der Waals surface area (Å²) >= 11 is 1.23. The van der Waals surface area contributed by atoms with Crippen LogP contribution < -0.4 is 5.32 Å². The summed E-state index contributed by atoms with van der Waals surface area (Å²) < 4.78 is 4.06. The Labute approximate surface area is 183 Å². The number of fused-ring (bicyclic) bond motifs is 1. The van der Waals surface area contributed by atoms with Gasteiger partial charge in [-0.1, -0.05) is 30.3 Å². The monoisotopic (exact) mass is 428 g/mol. The molecule has 6 nitrogen and oxygen atoms in total. The van der Waals surface area contributed by atoms with Gasteiger partial charge >= 0.3 is 0 Å². The molecule has 4 aromatic rings. The van der Waals surface area contributed by atoms with Crippen LogP contribution in [0, 0.1) is 0 Å². The first-order chi connectivity index (χ1) is 15.2. The molecule has 5 rings (SSSR count). The Bertz CT molecular complexity index is 1250. The van der Waals surface area contributed by atoms with E-state index in [9.17, 15) is 9.59 Å². The zero-order valence-corrected chi connectivity index (χ0v) is 17.5. The Morgan fingerprint density at radius 1 is 1.13 bits per heavy atom. The molecule has 2 N–H and O–H groups in total. The highest BCUT2D eigenvalue weighted by Gasteiger charge is 2.26. The largest absolute Gasteiger partial charge is 0.358 e. The normalized spacial score (nSPS) is 13.1. The lowest BCUT2D eigenvalue weighted by molar-refractivity contribution is 0.0970. The van der Waals surface area contributed by atoms with Crippen molar-refractivity contribution in [3.8, 4) is 11.3 Å². The molecule has 3 aromatic heterocycles. The summed E-state index contributed by atoms with van der Waals surface area (Å²) in [4.78, 5) is 33.0. The molecule has 7 heteroatoms.